The van der Waals surface area contributed by atoms with Crippen molar-refractivity contribution in [3.05, 3.63) is 0 Å². The average molecular weight is 244 g/mol. The zero-order valence-electron chi connectivity index (χ0n) is 11.1. The van der Waals surface area contributed by atoms with Crippen LogP contribution in [0.2, 0.25) is 0 Å². The molecule has 0 saturated heterocycles. The molecule has 0 spiro atoms. The summed E-state index contributed by atoms with van der Waals surface area (Å²) in [7, 11) is 0. The van der Waals surface area contributed by atoms with Crippen LogP contribution in [0.5, 0.6) is 0 Å². The van der Waals surface area contributed by atoms with E-state index in [0.717, 1.165) is 13.1 Å². The first-order chi connectivity index (χ1) is 8.15. The van der Waals surface area contributed by atoms with E-state index in [-0.39, 0.29) is 11.9 Å². The lowest BCUT2D eigenvalue weighted by atomic mass is 10.3. The molecular formula is C12H24N2O3. The normalized spacial score (nSPS) is 10.1. The molecule has 0 aromatic rings. The molecule has 0 saturated carbocycles. The molecule has 1 N–H and O–H groups in total. The van der Waals surface area contributed by atoms with Gasteiger partial charge in [-0.15, -0.1) is 0 Å². The molecule has 0 aromatic heterocycles. The Morgan fingerprint density at radius 1 is 1.18 bits per heavy atom. The fourth-order valence-electron chi connectivity index (χ4n) is 1.47. The molecule has 5 nitrogen and oxygen atoms in total. The van der Waals surface area contributed by atoms with Crippen LogP contribution in [0.4, 0.5) is 0 Å². The Bertz CT molecular complexity index is 228. The number of hydrogen-bond acceptors (Lipinski definition) is 4. The van der Waals surface area contributed by atoms with E-state index >= 15 is 0 Å². The largest absolute Gasteiger partial charge is 0.466 e. The lowest BCUT2D eigenvalue weighted by Crippen LogP contribution is -2.38. The Balaban J connectivity index is 3.51. The van der Waals surface area contributed by atoms with Gasteiger partial charge in [-0.3, -0.25) is 9.59 Å². The van der Waals surface area contributed by atoms with E-state index in [1.54, 1.807) is 11.8 Å². The highest BCUT2D eigenvalue weighted by Gasteiger charge is 2.08. The number of likely N-dealkylation sites (N-methyl/N-ethyl adjacent to an activating group) is 1. The zero-order chi connectivity index (χ0) is 13.1. The van der Waals surface area contributed by atoms with Crippen LogP contribution < -0.4 is 5.32 Å². The third-order valence-electron chi connectivity index (χ3n) is 2.43. The quantitative estimate of drug-likeness (QED) is 0.481. The minimum absolute atomic E-state index is 0.103. The number of carbonyl (C=O) groups is 2. The molecule has 0 aliphatic heterocycles. The fourth-order valence-corrected chi connectivity index (χ4v) is 1.47. The van der Waals surface area contributed by atoms with Crippen molar-refractivity contribution in [3.8, 4) is 0 Å². The molecule has 0 bridgehead atoms. The van der Waals surface area contributed by atoms with Gasteiger partial charge in [0.05, 0.1) is 13.2 Å². The number of amides is 1. The van der Waals surface area contributed by atoms with Crippen molar-refractivity contribution in [3.63, 3.8) is 0 Å². The molecule has 0 aromatic carbocycles. The van der Waals surface area contributed by atoms with Crippen LogP contribution >= 0.6 is 0 Å². The second-order valence-electron chi connectivity index (χ2n) is 3.65. The van der Waals surface area contributed by atoms with Gasteiger partial charge in [0.2, 0.25) is 5.91 Å². The molecule has 0 atom stereocenters. The monoisotopic (exact) mass is 244 g/mol. The SMILES string of the molecule is CCOC(=O)CCCNCC(=O)N(CC)CC. The predicted molar refractivity (Wildman–Crippen MR) is 66.7 cm³/mol. The van der Waals surface area contributed by atoms with Crippen molar-refractivity contribution in [2.45, 2.75) is 33.6 Å². The minimum atomic E-state index is -0.177. The highest BCUT2D eigenvalue weighted by Crippen LogP contribution is 1.92. The van der Waals surface area contributed by atoms with E-state index in [1.807, 2.05) is 13.8 Å². The van der Waals surface area contributed by atoms with Gasteiger partial charge in [-0.25, -0.2) is 0 Å². The van der Waals surface area contributed by atoms with Crippen molar-refractivity contribution in [1.29, 1.82) is 0 Å². The van der Waals surface area contributed by atoms with E-state index in [2.05, 4.69) is 5.32 Å². The molecule has 0 unspecified atom stereocenters. The molecule has 1 amide bonds. The van der Waals surface area contributed by atoms with Crippen molar-refractivity contribution in [2.75, 3.05) is 32.8 Å². The summed E-state index contributed by atoms with van der Waals surface area (Å²) in [6.45, 7) is 8.60. The first kappa shape index (κ1) is 15.9. The number of ether oxygens (including phenoxy) is 1. The van der Waals surface area contributed by atoms with Gasteiger partial charge < -0.3 is 15.0 Å². The van der Waals surface area contributed by atoms with Gasteiger partial charge >= 0.3 is 5.97 Å². The van der Waals surface area contributed by atoms with Crippen LogP contribution in [-0.2, 0) is 14.3 Å². The van der Waals surface area contributed by atoms with Crippen LogP contribution in [0.1, 0.15) is 33.6 Å². The maximum atomic E-state index is 11.6. The van der Waals surface area contributed by atoms with Crippen LogP contribution in [0.15, 0.2) is 0 Å². The van der Waals surface area contributed by atoms with E-state index in [4.69, 9.17) is 4.74 Å². The van der Waals surface area contributed by atoms with Crippen molar-refractivity contribution in [2.24, 2.45) is 0 Å². The molecule has 0 heterocycles. The Morgan fingerprint density at radius 3 is 2.35 bits per heavy atom. The van der Waals surface area contributed by atoms with Gasteiger partial charge in [0.1, 0.15) is 0 Å². The van der Waals surface area contributed by atoms with E-state index < -0.39 is 0 Å². The van der Waals surface area contributed by atoms with Gasteiger partial charge in [-0.1, -0.05) is 0 Å². The summed E-state index contributed by atoms with van der Waals surface area (Å²) in [5.74, 6) is -0.0736. The number of hydrogen-bond donors (Lipinski definition) is 1. The predicted octanol–water partition coefficient (Wildman–Crippen LogP) is 0.788. The number of nitrogens with one attached hydrogen (secondary N) is 1. The number of rotatable bonds is 9. The average Bonchev–Trinajstić information content (AvgIpc) is 2.30. The molecule has 0 radical (unpaired) electrons. The maximum Gasteiger partial charge on any atom is 0.305 e. The lowest BCUT2D eigenvalue weighted by molar-refractivity contribution is -0.143. The summed E-state index contributed by atoms with van der Waals surface area (Å²) >= 11 is 0. The topological polar surface area (TPSA) is 58.6 Å². The summed E-state index contributed by atoms with van der Waals surface area (Å²) in [5, 5.41) is 3.03. The van der Waals surface area contributed by atoms with Gasteiger partial charge in [-0.2, -0.15) is 0 Å². The Kier molecular flexibility index (Phi) is 9.43. The number of carbonyl (C=O) groups excluding carboxylic acids is 2. The molecule has 17 heavy (non-hydrogen) atoms. The molecule has 100 valence electrons. The summed E-state index contributed by atoms with van der Waals surface area (Å²) in [6.07, 6.45) is 1.10. The maximum absolute atomic E-state index is 11.6. The fraction of sp³-hybridized carbons (Fsp3) is 0.833. The Labute approximate surface area is 103 Å². The Morgan fingerprint density at radius 2 is 1.82 bits per heavy atom. The van der Waals surface area contributed by atoms with Crippen molar-refractivity contribution < 1.29 is 14.3 Å². The second kappa shape index (κ2) is 10.1. The summed E-state index contributed by atoms with van der Waals surface area (Å²) in [6, 6.07) is 0. The van der Waals surface area contributed by atoms with Crippen LogP contribution in [-0.4, -0.2) is 49.6 Å². The lowest BCUT2D eigenvalue weighted by Gasteiger charge is -2.18. The van der Waals surface area contributed by atoms with E-state index in [1.165, 1.54) is 0 Å². The second-order valence-corrected chi connectivity index (χ2v) is 3.65. The number of nitrogens with zero attached hydrogens (tertiary/aromatic N) is 1. The number of esters is 1. The van der Waals surface area contributed by atoms with E-state index in [9.17, 15) is 9.59 Å². The van der Waals surface area contributed by atoms with Gasteiger partial charge in [0.15, 0.2) is 0 Å². The van der Waals surface area contributed by atoms with E-state index in [0.29, 0.717) is 32.5 Å². The molecule has 0 fully saturated rings. The van der Waals surface area contributed by atoms with Gasteiger partial charge in [0.25, 0.3) is 0 Å². The van der Waals surface area contributed by atoms with Gasteiger partial charge in [0, 0.05) is 19.5 Å². The molecule has 0 aliphatic carbocycles. The van der Waals surface area contributed by atoms with Crippen molar-refractivity contribution in [1.82, 2.24) is 10.2 Å². The third-order valence-corrected chi connectivity index (χ3v) is 2.43. The van der Waals surface area contributed by atoms with Crippen molar-refractivity contribution >= 4 is 11.9 Å². The smallest absolute Gasteiger partial charge is 0.305 e. The highest BCUT2D eigenvalue weighted by atomic mass is 16.5. The highest BCUT2D eigenvalue weighted by molar-refractivity contribution is 5.78. The standard InChI is InChI=1S/C12H24N2O3/c1-4-14(5-2)11(15)10-13-9-7-8-12(16)17-6-3/h13H,4-10H2,1-3H3. The Hall–Kier alpha value is -1.10. The van der Waals surface area contributed by atoms with Crippen LogP contribution in [0, 0.1) is 0 Å². The first-order valence-electron chi connectivity index (χ1n) is 6.29. The summed E-state index contributed by atoms with van der Waals surface area (Å²) in [5.41, 5.74) is 0. The molecule has 0 rings (SSSR count). The summed E-state index contributed by atoms with van der Waals surface area (Å²) in [4.78, 5) is 24.4. The third kappa shape index (κ3) is 7.74. The van der Waals surface area contributed by atoms with Crippen LogP contribution in [0.3, 0.4) is 0 Å². The molecule has 0 aliphatic rings. The molecule has 5 heteroatoms. The van der Waals surface area contributed by atoms with Crippen LogP contribution in [0.25, 0.3) is 0 Å². The first-order valence-corrected chi connectivity index (χ1v) is 6.29. The van der Waals surface area contributed by atoms with Gasteiger partial charge in [-0.05, 0) is 33.7 Å². The summed E-state index contributed by atoms with van der Waals surface area (Å²) < 4.78 is 4.80. The molecular weight excluding hydrogens is 220 g/mol. The minimum Gasteiger partial charge on any atom is -0.466 e. The zero-order valence-corrected chi connectivity index (χ0v) is 11.1.